The molecular formula is C15H22F2N2. The van der Waals surface area contributed by atoms with Crippen LogP contribution in [-0.2, 0) is 6.54 Å². The van der Waals surface area contributed by atoms with E-state index in [-0.39, 0.29) is 0 Å². The Hall–Kier alpha value is -1.00. The van der Waals surface area contributed by atoms with Crippen LogP contribution in [0.4, 0.5) is 8.78 Å². The van der Waals surface area contributed by atoms with Gasteiger partial charge in [0.25, 0.3) is 0 Å². The standard InChI is InChI=1S/C15H22F2N2/c1-2-11-5-6-19(13(7-11)9-18)10-12-3-4-14(16)15(17)8-12/h3-4,8,11,13H,2,5-7,9-10,18H2,1H3. The summed E-state index contributed by atoms with van der Waals surface area (Å²) in [7, 11) is 0. The van der Waals surface area contributed by atoms with E-state index < -0.39 is 11.6 Å². The van der Waals surface area contributed by atoms with Crippen molar-refractivity contribution >= 4 is 0 Å². The zero-order valence-corrected chi connectivity index (χ0v) is 11.4. The molecule has 2 atom stereocenters. The van der Waals surface area contributed by atoms with Crippen LogP contribution in [0.25, 0.3) is 0 Å². The summed E-state index contributed by atoms with van der Waals surface area (Å²) in [6.07, 6.45) is 3.46. The lowest BCUT2D eigenvalue weighted by Gasteiger charge is -2.38. The molecule has 2 rings (SSSR count). The third kappa shape index (κ3) is 3.51. The normalized spacial score (nSPS) is 24.6. The fourth-order valence-electron chi connectivity index (χ4n) is 2.88. The SMILES string of the molecule is CCC1CCN(Cc2ccc(F)c(F)c2)C(CN)C1. The minimum absolute atomic E-state index is 0.354. The topological polar surface area (TPSA) is 29.3 Å². The number of hydrogen-bond donors (Lipinski definition) is 1. The fourth-order valence-corrected chi connectivity index (χ4v) is 2.88. The minimum Gasteiger partial charge on any atom is -0.329 e. The van der Waals surface area contributed by atoms with Gasteiger partial charge in [-0.25, -0.2) is 8.78 Å². The molecule has 2 N–H and O–H groups in total. The fraction of sp³-hybridized carbons (Fsp3) is 0.600. The van der Waals surface area contributed by atoms with Crippen molar-refractivity contribution < 1.29 is 8.78 Å². The van der Waals surface area contributed by atoms with E-state index in [1.807, 2.05) is 0 Å². The van der Waals surface area contributed by atoms with E-state index in [2.05, 4.69) is 11.8 Å². The molecule has 0 radical (unpaired) electrons. The van der Waals surface area contributed by atoms with Crippen LogP contribution < -0.4 is 5.73 Å². The van der Waals surface area contributed by atoms with Crippen LogP contribution in [0.15, 0.2) is 18.2 Å². The van der Waals surface area contributed by atoms with Gasteiger partial charge in [0.05, 0.1) is 0 Å². The highest BCUT2D eigenvalue weighted by atomic mass is 19.2. The van der Waals surface area contributed by atoms with Crippen molar-refractivity contribution in [2.45, 2.75) is 38.8 Å². The summed E-state index contributed by atoms with van der Waals surface area (Å²) >= 11 is 0. The number of rotatable bonds is 4. The Kier molecular flexibility index (Phi) is 4.88. The van der Waals surface area contributed by atoms with Crippen LogP contribution in [-0.4, -0.2) is 24.0 Å². The molecule has 1 saturated heterocycles. The molecule has 2 unspecified atom stereocenters. The summed E-state index contributed by atoms with van der Waals surface area (Å²) in [5.74, 6) is -0.816. The van der Waals surface area contributed by atoms with Crippen LogP contribution in [0.2, 0.25) is 0 Å². The summed E-state index contributed by atoms with van der Waals surface area (Å²) in [5.41, 5.74) is 6.65. The van der Waals surface area contributed by atoms with Gasteiger partial charge in [-0.05, 0) is 43.0 Å². The van der Waals surface area contributed by atoms with E-state index in [0.29, 0.717) is 19.1 Å². The maximum absolute atomic E-state index is 13.2. The first-order valence-electron chi connectivity index (χ1n) is 7.02. The van der Waals surface area contributed by atoms with Gasteiger partial charge in [0, 0.05) is 19.1 Å². The van der Waals surface area contributed by atoms with Crippen molar-refractivity contribution in [3.63, 3.8) is 0 Å². The van der Waals surface area contributed by atoms with Gasteiger partial charge in [-0.2, -0.15) is 0 Å². The Morgan fingerprint density at radius 2 is 2.11 bits per heavy atom. The van der Waals surface area contributed by atoms with Gasteiger partial charge in [0.2, 0.25) is 0 Å². The van der Waals surface area contributed by atoms with E-state index >= 15 is 0 Å². The monoisotopic (exact) mass is 268 g/mol. The zero-order chi connectivity index (χ0) is 13.8. The molecule has 0 saturated carbocycles. The highest BCUT2D eigenvalue weighted by Gasteiger charge is 2.26. The molecule has 1 aliphatic rings. The molecule has 1 fully saturated rings. The van der Waals surface area contributed by atoms with E-state index in [1.165, 1.54) is 18.6 Å². The second kappa shape index (κ2) is 6.44. The first kappa shape index (κ1) is 14.4. The minimum atomic E-state index is -0.788. The van der Waals surface area contributed by atoms with E-state index in [0.717, 1.165) is 30.9 Å². The molecule has 106 valence electrons. The molecule has 4 heteroatoms. The number of likely N-dealkylation sites (tertiary alicyclic amines) is 1. The predicted octanol–water partition coefficient (Wildman–Crippen LogP) is 2.91. The third-order valence-electron chi connectivity index (χ3n) is 4.17. The van der Waals surface area contributed by atoms with Crippen molar-refractivity contribution in [2.24, 2.45) is 11.7 Å². The van der Waals surface area contributed by atoms with E-state index in [4.69, 9.17) is 5.73 Å². The highest BCUT2D eigenvalue weighted by Crippen LogP contribution is 2.26. The van der Waals surface area contributed by atoms with Gasteiger partial charge in [-0.3, -0.25) is 4.90 Å². The molecule has 1 heterocycles. The maximum Gasteiger partial charge on any atom is 0.159 e. The predicted molar refractivity (Wildman–Crippen MR) is 72.6 cm³/mol. The lowest BCUT2D eigenvalue weighted by atomic mass is 9.88. The molecule has 0 aromatic heterocycles. The van der Waals surface area contributed by atoms with E-state index in [1.54, 1.807) is 6.07 Å². The number of piperidine rings is 1. The average Bonchev–Trinajstić information content (AvgIpc) is 2.43. The van der Waals surface area contributed by atoms with Crippen molar-refractivity contribution in [1.29, 1.82) is 0 Å². The number of nitrogens with zero attached hydrogens (tertiary/aromatic N) is 1. The molecular weight excluding hydrogens is 246 g/mol. The van der Waals surface area contributed by atoms with Crippen molar-refractivity contribution in [2.75, 3.05) is 13.1 Å². The summed E-state index contributed by atoms with van der Waals surface area (Å²) in [6.45, 7) is 4.47. The Morgan fingerprint density at radius 1 is 1.32 bits per heavy atom. The third-order valence-corrected chi connectivity index (χ3v) is 4.17. The summed E-state index contributed by atoms with van der Waals surface area (Å²) in [4.78, 5) is 2.29. The number of benzene rings is 1. The van der Waals surface area contributed by atoms with Gasteiger partial charge in [0.1, 0.15) is 0 Å². The number of nitrogens with two attached hydrogens (primary N) is 1. The Morgan fingerprint density at radius 3 is 2.74 bits per heavy atom. The number of hydrogen-bond acceptors (Lipinski definition) is 2. The quantitative estimate of drug-likeness (QED) is 0.909. The Balaban J connectivity index is 2.03. The summed E-state index contributed by atoms with van der Waals surface area (Å²) in [5, 5.41) is 0. The van der Waals surface area contributed by atoms with Gasteiger partial charge in [0.15, 0.2) is 11.6 Å². The molecule has 19 heavy (non-hydrogen) atoms. The largest absolute Gasteiger partial charge is 0.329 e. The van der Waals surface area contributed by atoms with Gasteiger partial charge in [-0.15, -0.1) is 0 Å². The van der Waals surface area contributed by atoms with Crippen molar-refractivity contribution in [3.05, 3.63) is 35.4 Å². The maximum atomic E-state index is 13.2. The van der Waals surface area contributed by atoms with Crippen molar-refractivity contribution in [3.8, 4) is 0 Å². The molecule has 0 spiro atoms. The lowest BCUT2D eigenvalue weighted by molar-refractivity contribution is 0.107. The van der Waals surface area contributed by atoms with Crippen molar-refractivity contribution in [1.82, 2.24) is 4.90 Å². The molecule has 1 aromatic carbocycles. The van der Waals surface area contributed by atoms with Gasteiger partial charge in [-0.1, -0.05) is 19.4 Å². The summed E-state index contributed by atoms with van der Waals surface area (Å²) < 4.78 is 26.1. The zero-order valence-electron chi connectivity index (χ0n) is 11.4. The van der Waals surface area contributed by atoms with Gasteiger partial charge >= 0.3 is 0 Å². The Labute approximate surface area is 113 Å². The molecule has 0 bridgehead atoms. The first-order valence-corrected chi connectivity index (χ1v) is 7.02. The van der Waals surface area contributed by atoms with Crippen LogP contribution in [0.1, 0.15) is 31.7 Å². The second-order valence-electron chi connectivity index (χ2n) is 5.41. The average molecular weight is 268 g/mol. The van der Waals surface area contributed by atoms with Crippen LogP contribution in [0.3, 0.4) is 0 Å². The molecule has 1 aliphatic heterocycles. The molecule has 1 aromatic rings. The number of halogens is 2. The van der Waals surface area contributed by atoms with Crippen LogP contribution in [0, 0.1) is 17.6 Å². The molecule has 2 nitrogen and oxygen atoms in total. The molecule has 0 aliphatic carbocycles. The van der Waals surface area contributed by atoms with Crippen LogP contribution in [0.5, 0.6) is 0 Å². The first-order chi connectivity index (χ1) is 9.13. The smallest absolute Gasteiger partial charge is 0.159 e. The van der Waals surface area contributed by atoms with Gasteiger partial charge < -0.3 is 5.73 Å². The Bertz CT molecular complexity index is 423. The van der Waals surface area contributed by atoms with Crippen LogP contribution >= 0.6 is 0 Å². The lowest BCUT2D eigenvalue weighted by Crippen LogP contribution is -2.46. The van der Waals surface area contributed by atoms with E-state index in [9.17, 15) is 8.78 Å². The summed E-state index contributed by atoms with van der Waals surface area (Å²) in [6, 6.07) is 4.49. The highest BCUT2D eigenvalue weighted by molar-refractivity contribution is 5.18. The molecule has 0 amide bonds. The second-order valence-corrected chi connectivity index (χ2v) is 5.41.